The lowest BCUT2D eigenvalue weighted by Gasteiger charge is -2.35. The second-order valence-electron chi connectivity index (χ2n) is 6.39. The van der Waals surface area contributed by atoms with Crippen LogP contribution < -0.4 is 0 Å². The van der Waals surface area contributed by atoms with E-state index < -0.39 is 48.9 Å². The fourth-order valence-corrected chi connectivity index (χ4v) is 6.25. The zero-order chi connectivity index (χ0) is 17.4. The van der Waals surface area contributed by atoms with Gasteiger partial charge in [0, 0.05) is 5.56 Å². The van der Waals surface area contributed by atoms with Crippen LogP contribution in [-0.2, 0) is 0 Å². The Morgan fingerprint density at radius 3 is 1.36 bits per heavy atom. The monoisotopic (exact) mass is 340 g/mol. The minimum Gasteiger partial charge on any atom is -0.431 e. The summed E-state index contributed by atoms with van der Waals surface area (Å²) >= 11 is 0. The minimum absolute atomic E-state index is 0.0285. The first-order chi connectivity index (χ1) is 9.95. The summed E-state index contributed by atoms with van der Waals surface area (Å²) in [5, 5.41) is 0. The van der Waals surface area contributed by atoms with Gasteiger partial charge in [-0.2, -0.15) is 0 Å². The molecule has 1 nitrogen and oxygen atoms in total. The zero-order valence-corrected chi connectivity index (χ0v) is 14.3. The molecule has 0 heterocycles. The Bertz CT molecular complexity index is 522. The fraction of sp³-hybridized carbons (Fsp3) is 0.600. The summed E-state index contributed by atoms with van der Waals surface area (Å²) in [5.41, 5.74) is -1.05. The molecule has 1 atom stereocenters. The van der Waals surface area contributed by atoms with Crippen LogP contribution in [0.1, 0.15) is 46.1 Å². The van der Waals surface area contributed by atoms with Gasteiger partial charge in [-0.3, -0.25) is 0 Å². The molecule has 0 aliphatic carbocycles. The molecule has 0 amide bonds. The summed E-state index contributed by atoms with van der Waals surface area (Å²) in [6.07, 6.45) is 0. The van der Waals surface area contributed by atoms with Crippen molar-refractivity contribution < 1.29 is 26.7 Å². The van der Waals surface area contributed by atoms with Gasteiger partial charge in [0.1, 0.15) is 0 Å². The second kappa shape index (κ2) is 6.66. The molecule has 0 bridgehead atoms. The number of hydrogen-bond acceptors (Lipinski definition) is 1. The minimum atomic E-state index is -2.92. The van der Waals surface area contributed by atoms with Crippen molar-refractivity contribution in [1.29, 1.82) is 0 Å². The third-order valence-corrected chi connectivity index (χ3v) is 9.63. The van der Waals surface area contributed by atoms with Crippen LogP contribution >= 0.6 is 0 Å². The third-order valence-electron chi connectivity index (χ3n) is 4.37. The van der Waals surface area contributed by atoms with Crippen molar-refractivity contribution in [2.24, 2.45) is 0 Å². The molecule has 0 saturated heterocycles. The van der Waals surface area contributed by atoms with E-state index in [0.717, 1.165) is 0 Å². The van der Waals surface area contributed by atoms with Gasteiger partial charge in [-0.25, -0.2) is 22.0 Å². The van der Waals surface area contributed by atoms with Crippen LogP contribution in [0.4, 0.5) is 22.0 Å². The molecular weight excluding hydrogens is 319 g/mol. The smallest absolute Gasteiger partial charge is 0.200 e. The normalized spacial score (nSPS) is 14.0. The Morgan fingerprint density at radius 1 is 0.727 bits per heavy atom. The van der Waals surface area contributed by atoms with Gasteiger partial charge < -0.3 is 4.80 Å². The molecule has 0 fully saturated rings. The molecule has 0 aliphatic rings. The largest absolute Gasteiger partial charge is 0.431 e. The highest BCUT2D eigenvalue weighted by Crippen LogP contribution is 2.40. The summed E-state index contributed by atoms with van der Waals surface area (Å²) in [6.45, 7) is 8.59. The van der Waals surface area contributed by atoms with E-state index in [0.29, 0.717) is 0 Å². The van der Waals surface area contributed by atoms with E-state index in [1.165, 1.54) is 6.92 Å². The number of rotatable bonds is 5. The molecule has 126 valence electrons. The van der Waals surface area contributed by atoms with E-state index in [1.807, 2.05) is 0 Å². The predicted octanol–water partition coefficient (Wildman–Crippen LogP) is 5.24. The van der Waals surface area contributed by atoms with Crippen LogP contribution in [-0.4, -0.2) is 13.1 Å². The van der Waals surface area contributed by atoms with Crippen molar-refractivity contribution in [3.63, 3.8) is 0 Å². The predicted molar refractivity (Wildman–Crippen MR) is 77.6 cm³/mol. The molecule has 1 aromatic carbocycles. The summed E-state index contributed by atoms with van der Waals surface area (Å²) in [6, 6.07) is 0.0285. The summed E-state index contributed by atoms with van der Waals surface area (Å²) in [7, 11) is -2.92. The van der Waals surface area contributed by atoms with E-state index >= 15 is 0 Å². The maximum absolute atomic E-state index is 13.8. The molecule has 1 N–H and O–H groups in total. The van der Waals surface area contributed by atoms with E-state index in [2.05, 4.69) is 0 Å². The van der Waals surface area contributed by atoms with E-state index in [4.69, 9.17) is 0 Å². The maximum atomic E-state index is 13.8. The SMILES string of the molecule is CC(C[Si](O)(C(C)C)C(C)C)c1c(F)c(F)c(F)c(F)c1F. The molecule has 1 aromatic rings. The standard InChI is InChI=1S/C15H21F5OSi/c1-7(2)22(21,8(3)4)6-9(5)10-11(16)13(18)15(20)14(19)12(10)17/h7-9,21H,6H2,1-5H3. The molecular formula is C15H21F5OSi. The van der Waals surface area contributed by atoms with E-state index in [9.17, 15) is 26.7 Å². The average Bonchev–Trinajstić information content (AvgIpc) is 2.42. The fourth-order valence-electron chi connectivity index (χ4n) is 2.79. The van der Waals surface area contributed by atoms with Gasteiger partial charge in [0.2, 0.25) is 5.82 Å². The van der Waals surface area contributed by atoms with Crippen molar-refractivity contribution in [3.8, 4) is 0 Å². The lowest BCUT2D eigenvalue weighted by Crippen LogP contribution is -2.42. The molecule has 0 saturated carbocycles. The average molecular weight is 340 g/mol. The lowest BCUT2D eigenvalue weighted by molar-refractivity contribution is 0.365. The second-order valence-corrected chi connectivity index (χ2v) is 11.1. The van der Waals surface area contributed by atoms with Crippen molar-refractivity contribution in [2.45, 2.75) is 57.7 Å². The highest BCUT2D eigenvalue weighted by molar-refractivity contribution is 6.75. The van der Waals surface area contributed by atoms with Crippen molar-refractivity contribution >= 4 is 8.32 Å². The Balaban J connectivity index is 3.33. The van der Waals surface area contributed by atoms with Crippen LogP contribution in [0, 0.1) is 29.1 Å². The van der Waals surface area contributed by atoms with Crippen LogP contribution in [0.3, 0.4) is 0 Å². The highest BCUT2D eigenvalue weighted by Gasteiger charge is 2.41. The third kappa shape index (κ3) is 3.20. The summed E-state index contributed by atoms with van der Waals surface area (Å²) in [4.78, 5) is 10.8. The molecule has 1 rings (SSSR count). The van der Waals surface area contributed by atoms with Crippen molar-refractivity contribution in [1.82, 2.24) is 0 Å². The molecule has 7 heteroatoms. The van der Waals surface area contributed by atoms with Crippen molar-refractivity contribution in [3.05, 3.63) is 34.6 Å². The van der Waals surface area contributed by atoms with Gasteiger partial charge >= 0.3 is 0 Å². The first-order valence-electron chi connectivity index (χ1n) is 7.18. The Labute approximate surface area is 128 Å². The van der Waals surface area contributed by atoms with Crippen LogP contribution in [0.5, 0.6) is 0 Å². The van der Waals surface area contributed by atoms with Gasteiger partial charge in [0.05, 0.1) is 0 Å². The molecule has 1 unspecified atom stereocenters. The van der Waals surface area contributed by atoms with Gasteiger partial charge in [0.15, 0.2) is 31.6 Å². The Hall–Kier alpha value is -0.953. The van der Waals surface area contributed by atoms with Crippen LogP contribution in [0.25, 0.3) is 0 Å². The number of benzene rings is 1. The van der Waals surface area contributed by atoms with Gasteiger partial charge in [-0.05, 0) is 23.0 Å². The van der Waals surface area contributed by atoms with E-state index in [1.54, 1.807) is 27.7 Å². The molecule has 22 heavy (non-hydrogen) atoms. The maximum Gasteiger partial charge on any atom is 0.200 e. The quantitative estimate of drug-likeness (QED) is 0.336. The summed E-state index contributed by atoms with van der Waals surface area (Å²) < 4.78 is 67.4. The number of halogens is 5. The zero-order valence-electron chi connectivity index (χ0n) is 13.3. The lowest BCUT2D eigenvalue weighted by atomic mass is 10.0. The van der Waals surface area contributed by atoms with Gasteiger partial charge in [-0.15, -0.1) is 0 Å². The van der Waals surface area contributed by atoms with Crippen LogP contribution in [0.2, 0.25) is 17.1 Å². The van der Waals surface area contributed by atoms with E-state index in [-0.39, 0.29) is 17.1 Å². The van der Waals surface area contributed by atoms with Crippen molar-refractivity contribution in [2.75, 3.05) is 0 Å². The Morgan fingerprint density at radius 2 is 1.05 bits per heavy atom. The van der Waals surface area contributed by atoms with Crippen LogP contribution in [0.15, 0.2) is 0 Å². The molecule has 0 aromatic heterocycles. The Kier molecular flexibility index (Phi) is 5.78. The first kappa shape index (κ1) is 19.1. The first-order valence-corrected chi connectivity index (χ1v) is 9.49. The van der Waals surface area contributed by atoms with Gasteiger partial charge in [-0.1, -0.05) is 34.6 Å². The molecule has 0 aliphatic heterocycles. The van der Waals surface area contributed by atoms with Gasteiger partial charge in [0.25, 0.3) is 0 Å². The topological polar surface area (TPSA) is 20.2 Å². The summed E-state index contributed by atoms with van der Waals surface area (Å²) in [5.74, 6) is -10.6. The highest BCUT2D eigenvalue weighted by atomic mass is 28.4. The molecule has 0 radical (unpaired) electrons. The number of hydrogen-bond donors (Lipinski definition) is 1. The molecule has 0 spiro atoms.